The lowest BCUT2D eigenvalue weighted by Crippen LogP contribution is -2.09. The van der Waals surface area contributed by atoms with Gasteiger partial charge in [0.25, 0.3) is 5.69 Å². The number of nitrogens with two attached hydrogens (primary N) is 1. The predicted molar refractivity (Wildman–Crippen MR) is 73.7 cm³/mol. The maximum Gasteiger partial charge on any atom is 0.269 e. The molecule has 0 radical (unpaired) electrons. The van der Waals surface area contributed by atoms with Crippen LogP contribution < -0.4 is 5.73 Å². The van der Waals surface area contributed by atoms with Gasteiger partial charge in [-0.05, 0) is 24.8 Å². The Morgan fingerprint density at radius 2 is 1.63 bits per heavy atom. The smallest absolute Gasteiger partial charge is 0.269 e. The Hall–Kier alpha value is -1.91. The number of unbranched alkanes of at least 4 members (excludes halogenated alkanes) is 4. The van der Waals surface area contributed by atoms with Crippen LogP contribution in [-0.4, -0.2) is 10.8 Å². The van der Waals surface area contributed by atoms with Crippen molar-refractivity contribution in [2.24, 2.45) is 5.73 Å². The molecule has 0 saturated heterocycles. The van der Waals surface area contributed by atoms with E-state index in [2.05, 4.69) is 0 Å². The lowest BCUT2D eigenvalue weighted by atomic mass is 10.0. The highest BCUT2D eigenvalue weighted by Crippen LogP contribution is 2.14. The van der Waals surface area contributed by atoms with Crippen molar-refractivity contribution in [3.05, 3.63) is 39.9 Å². The van der Waals surface area contributed by atoms with Crippen LogP contribution in [0.1, 0.15) is 44.1 Å². The minimum absolute atomic E-state index is 0.134. The lowest BCUT2D eigenvalue weighted by molar-refractivity contribution is -0.384. The summed E-state index contributed by atoms with van der Waals surface area (Å²) >= 11 is 0. The molecule has 104 valence electrons. The summed E-state index contributed by atoms with van der Waals surface area (Å²) in [7, 11) is 0. The normalized spacial score (nSPS) is 10.3. The van der Waals surface area contributed by atoms with E-state index in [4.69, 9.17) is 5.73 Å². The van der Waals surface area contributed by atoms with E-state index < -0.39 is 0 Å². The highest BCUT2D eigenvalue weighted by molar-refractivity contribution is 5.73. The van der Waals surface area contributed by atoms with E-state index in [-0.39, 0.29) is 16.5 Å². The second kappa shape index (κ2) is 8.24. The van der Waals surface area contributed by atoms with Gasteiger partial charge in [-0.2, -0.15) is 0 Å². The molecule has 0 aliphatic heterocycles. The van der Waals surface area contributed by atoms with E-state index in [9.17, 15) is 14.9 Å². The third kappa shape index (κ3) is 6.55. The van der Waals surface area contributed by atoms with Crippen LogP contribution in [0, 0.1) is 10.1 Å². The number of carbonyl (C=O) groups excluding carboxylic acids is 1. The number of rotatable bonds is 9. The molecule has 0 aliphatic rings. The van der Waals surface area contributed by atoms with Gasteiger partial charge in [0.15, 0.2) is 0 Å². The number of nitro benzene ring substituents is 1. The number of aryl methyl sites for hydroxylation is 1. The Balaban J connectivity index is 2.12. The fraction of sp³-hybridized carbons (Fsp3) is 0.500. The third-order valence-electron chi connectivity index (χ3n) is 3.04. The van der Waals surface area contributed by atoms with Gasteiger partial charge >= 0.3 is 0 Å². The van der Waals surface area contributed by atoms with Crippen molar-refractivity contribution in [3.63, 3.8) is 0 Å². The molecule has 0 heterocycles. The van der Waals surface area contributed by atoms with E-state index >= 15 is 0 Å². The fourth-order valence-corrected chi connectivity index (χ4v) is 1.94. The second-order valence-corrected chi connectivity index (χ2v) is 4.66. The zero-order valence-electron chi connectivity index (χ0n) is 11.0. The zero-order chi connectivity index (χ0) is 14.1. The summed E-state index contributed by atoms with van der Waals surface area (Å²) in [5.74, 6) is -0.231. The molecule has 0 aromatic heterocycles. The first-order valence-corrected chi connectivity index (χ1v) is 6.61. The van der Waals surface area contributed by atoms with Crippen molar-refractivity contribution in [1.82, 2.24) is 0 Å². The van der Waals surface area contributed by atoms with Crippen LogP contribution in [0.5, 0.6) is 0 Å². The molecule has 19 heavy (non-hydrogen) atoms. The van der Waals surface area contributed by atoms with Crippen molar-refractivity contribution < 1.29 is 9.72 Å². The topological polar surface area (TPSA) is 86.2 Å². The largest absolute Gasteiger partial charge is 0.370 e. The Morgan fingerprint density at radius 1 is 1.05 bits per heavy atom. The number of nitro groups is 1. The lowest BCUT2D eigenvalue weighted by Gasteiger charge is -2.02. The first-order valence-electron chi connectivity index (χ1n) is 6.61. The molecule has 1 rings (SSSR count). The van der Waals surface area contributed by atoms with Gasteiger partial charge in [-0.1, -0.05) is 31.4 Å². The third-order valence-corrected chi connectivity index (χ3v) is 3.04. The van der Waals surface area contributed by atoms with Crippen LogP contribution in [-0.2, 0) is 11.2 Å². The summed E-state index contributed by atoms with van der Waals surface area (Å²) in [5.41, 5.74) is 6.32. The number of carbonyl (C=O) groups is 1. The first-order chi connectivity index (χ1) is 9.09. The molecule has 0 saturated carbocycles. The molecule has 1 aromatic rings. The Bertz CT molecular complexity index is 415. The van der Waals surface area contributed by atoms with Gasteiger partial charge < -0.3 is 5.73 Å². The summed E-state index contributed by atoms with van der Waals surface area (Å²) in [4.78, 5) is 20.6. The van der Waals surface area contributed by atoms with Gasteiger partial charge in [0.05, 0.1) is 4.92 Å². The summed E-state index contributed by atoms with van der Waals surface area (Å²) in [6.45, 7) is 0. The summed E-state index contributed by atoms with van der Waals surface area (Å²) in [5, 5.41) is 10.5. The highest BCUT2D eigenvalue weighted by Gasteiger charge is 2.03. The summed E-state index contributed by atoms with van der Waals surface area (Å²) < 4.78 is 0. The SMILES string of the molecule is NC(=O)CCCCCCCc1ccc([N+](=O)[O-])cc1. The van der Waals surface area contributed by atoms with E-state index in [1.54, 1.807) is 12.1 Å². The molecule has 0 aliphatic carbocycles. The van der Waals surface area contributed by atoms with Crippen LogP contribution in [0.25, 0.3) is 0 Å². The fourth-order valence-electron chi connectivity index (χ4n) is 1.94. The van der Waals surface area contributed by atoms with Gasteiger partial charge in [-0.15, -0.1) is 0 Å². The number of nitrogens with zero attached hydrogens (tertiary/aromatic N) is 1. The molecule has 1 aromatic carbocycles. The Kier molecular flexibility index (Phi) is 6.57. The highest BCUT2D eigenvalue weighted by atomic mass is 16.6. The van der Waals surface area contributed by atoms with Gasteiger partial charge in [0, 0.05) is 18.6 Å². The van der Waals surface area contributed by atoms with Crippen molar-refractivity contribution in [3.8, 4) is 0 Å². The number of benzene rings is 1. The number of hydrogen-bond donors (Lipinski definition) is 1. The number of non-ortho nitro benzene ring substituents is 1. The molecule has 0 atom stereocenters. The average molecular weight is 264 g/mol. The van der Waals surface area contributed by atoms with Gasteiger partial charge in [0.1, 0.15) is 0 Å². The summed E-state index contributed by atoms with van der Waals surface area (Å²) in [6, 6.07) is 6.71. The maximum absolute atomic E-state index is 10.5. The van der Waals surface area contributed by atoms with Gasteiger partial charge in [-0.25, -0.2) is 0 Å². The van der Waals surface area contributed by atoms with E-state index in [1.165, 1.54) is 0 Å². The maximum atomic E-state index is 10.5. The molecule has 5 nitrogen and oxygen atoms in total. The van der Waals surface area contributed by atoms with Crippen molar-refractivity contribution in [1.29, 1.82) is 0 Å². The molecule has 0 unspecified atom stereocenters. The van der Waals surface area contributed by atoms with Crippen LogP contribution in [0.2, 0.25) is 0 Å². The van der Waals surface area contributed by atoms with Crippen molar-refractivity contribution in [2.45, 2.75) is 44.9 Å². The van der Waals surface area contributed by atoms with Crippen LogP contribution in [0.3, 0.4) is 0 Å². The molecule has 5 heteroatoms. The quantitative estimate of drug-likeness (QED) is 0.422. The standard InChI is InChI=1S/C14H20N2O3/c15-14(17)7-5-3-1-2-4-6-12-8-10-13(11-9-12)16(18)19/h8-11H,1-7H2,(H2,15,17). The van der Waals surface area contributed by atoms with Crippen molar-refractivity contribution >= 4 is 11.6 Å². The van der Waals surface area contributed by atoms with Gasteiger partial charge in [-0.3, -0.25) is 14.9 Å². The molecule has 2 N–H and O–H groups in total. The van der Waals surface area contributed by atoms with Gasteiger partial charge in [0.2, 0.25) is 5.91 Å². The van der Waals surface area contributed by atoms with Crippen LogP contribution >= 0.6 is 0 Å². The predicted octanol–water partition coefficient (Wildman–Crippen LogP) is 2.96. The molecule has 0 spiro atoms. The van der Waals surface area contributed by atoms with E-state index in [1.807, 2.05) is 12.1 Å². The molecule has 0 bridgehead atoms. The van der Waals surface area contributed by atoms with Crippen LogP contribution in [0.15, 0.2) is 24.3 Å². The number of hydrogen-bond acceptors (Lipinski definition) is 3. The molecular formula is C14H20N2O3. The first kappa shape index (κ1) is 15.1. The number of primary amides is 1. The average Bonchev–Trinajstić information content (AvgIpc) is 2.38. The van der Waals surface area contributed by atoms with Crippen LogP contribution in [0.4, 0.5) is 5.69 Å². The molecule has 1 amide bonds. The number of amides is 1. The Morgan fingerprint density at radius 3 is 2.21 bits per heavy atom. The molecule has 0 fully saturated rings. The van der Waals surface area contributed by atoms with E-state index in [0.717, 1.165) is 44.1 Å². The minimum Gasteiger partial charge on any atom is -0.370 e. The second-order valence-electron chi connectivity index (χ2n) is 4.66. The zero-order valence-corrected chi connectivity index (χ0v) is 11.0. The van der Waals surface area contributed by atoms with Crippen molar-refractivity contribution in [2.75, 3.05) is 0 Å². The molecular weight excluding hydrogens is 244 g/mol. The van der Waals surface area contributed by atoms with E-state index in [0.29, 0.717) is 6.42 Å². The Labute approximate surface area is 113 Å². The minimum atomic E-state index is -0.386. The monoisotopic (exact) mass is 264 g/mol. The summed E-state index contributed by atoms with van der Waals surface area (Å²) in [6.07, 6.45) is 6.58.